The van der Waals surface area contributed by atoms with Gasteiger partial charge in [0.1, 0.15) is 36.0 Å². The smallest absolute Gasteiger partial charge is 0.306 e. The van der Waals surface area contributed by atoms with Crippen LogP contribution in [0.15, 0.2) is 157 Å². The van der Waals surface area contributed by atoms with E-state index in [-0.39, 0.29) is 18.7 Å². The third kappa shape index (κ3) is 18.8. The van der Waals surface area contributed by atoms with Gasteiger partial charge in [0.05, 0.1) is 45.1 Å². The van der Waals surface area contributed by atoms with Crippen molar-refractivity contribution in [2.45, 2.75) is 164 Å². The van der Waals surface area contributed by atoms with Gasteiger partial charge in [0, 0.05) is 25.0 Å². The number of esters is 1. The number of carbonyl (C=O) groups is 2. The second-order valence-electron chi connectivity index (χ2n) is 18.2. The zero-order valence-electron chi connectivity index (χ0n) is 42.3. The van der Waals surface area contributed by atoms with Crippen molar-refractivity contribution in [2.75, 3.05) is 13.7 Å². The Morgan fingerprint density at radius 3 is 1.50 bits per heavy atom. The van der Waals surface area contributed by atoms with E-state index < -0.39 is 66.5 Å². The molecular weight excluding hydrogens is 931 g/mol. The van der Waals surface area contributed by atoms with E-state index in [1.807, 2.05) is 166 Å². The first-order chi connectivity index (χ1) is 35.2. The minimum Gasteiger partial charge on any atom is -0.457 e. The van der Waals surface area contributed by atoms with Gasteiger partial charge in [-0.25, -0.2) is 0 Å². The highest BCUT2D eigenvalue weighted by Gasteiger charge is 2.49. The Morgan fingerprint density at radius 1 is 0.528 bits per heavy atom. The maximum atomic E-state index is 12.8. The molecule has 5 aromatic rings. The summed E-state index contributed by atoms with van der Waals surface area (Å²) in [5.41, 5.74) is 3.71. The number of nitrogens with one attached hydrogen (secondary N) is 1. The van der Waals surface area contributed by atoms with Crippen molar-refractivity contribution in [3.8, 4) is 0 Å². The molecule has 5 aromatic carbocycles. The minimum atomic E-state index is -0.802. The van der Waals surface area contributed by atoms with Gasteiger partial charge in [0.15, 0.2) is 12.4 Å². The maximum absolute atomic E-state index is 12.8. The summed E-state index contributed by atoms with van der Waals surface area (Å²) in [6, 6.07) is 49.7. The van der Waals surface area contributed by atoms with Crippen molar-refractivity contribution in [3.63, 3.8) is 0 Å². The lowest BCUT2D eigenvalue weighted by molar-refractivity contribution is -0.313. The summed E-state index contributed by atoms with van der Waals surface area (Å²) < 4.78 is 50.1. The number of amides is 1. The molecule has 7 rings (SSSR count). The van der Waals surface area contributed by atoms with E-state index in [4.69, 9.17) is 37.9 Å². The molecule has 12 nitrogen and oxygen atoms in total. The van der Waals surface area contributed by atoms with Crippen LogP contribution < -0.4 is 5.32 Å². The molecule has 0 aliphatic carbocycles. The van der Waals surface area contributed by atoms with Gasteiger partial charge in [-0.2, -0.15) is 0 Å². The fourth-order valence-electron chi connectivity index (χ4n) is 8.42. The first-order valence-corrected chi connectivity index (χ1v) is 26.4. The summed E-state index contributed by atoms with van der Waals surface area (Å²) in [5, 5.41) is 13.4. The van der Waals surface area contributed by atoms with Crippen LogP contribution in [0.1, 0.15) is 94.4 Å². The summed E-state index contributed by atoms with van der Waals surface area (Å²) in [6.45, 7) is 8.03. The zero-order chi connectivity index (χ0) is 50.8. The van der Waals surface area contributed by atoms with Gasteiger partial charge < -0.3 is 48.3 Å². The first-order valence-electron chi connectivity index (χ1n) is 25.6. The molecule has 13 heteroatoms. The van der Waals surface area contributed by atoms with Crippen LogP contribution in [-0.4, -0.2) is 91.2 Å². The van der Waals surface area contributed by atoms with Crippen LogP contribution in [0.3, 0.4) is 0 Å². The van der Waals surface area contributed by atoms with E-state index in [1.54, 1.807) is 11.8 Å². The Bertz CT molecular complexity index is 2230. The highest BCUT2D eigenvalue weighted by Crippen LogP contribution is 2.38. The number of unbranched alkanes of at least 4 members (excludes halogenated alkanes) is 5. The Hall–Kier alpha value is -4.93. The molecule has 2 heterocycles. The molecule has 10 atom stereocenters. The van der Waals surface area contributed by atoms with Crippen LogP contribution in [0.2, 0.25) is 0 Å². The molecular formula is C59H75NO11S. The minimum absolute atomic E-state index is 0.0357. The average Bonchev–Trinajstić information content (AvgIpc) is 3.41. The molecule has 2 saturated heterocycles. The summed E-state index contributed by atoms with van der Waals surface area (Å²) in [7, 11) is 1.54. The molecule has 5 unspecified atom stereocenters. The number of hydrogen-bond acceptors (Lipinski definition) is 12. The monoisotopic (exact) mass is 1010 g/mol. The standard InChI is InChI=1S/C31H35NO6S.C28H40O5/c1-22-28(38-27(34)19-18-26(33)32-2)29(35-20-23-12-6-3-7-13-23)30(36-21-24-14-8-4-9-15-24)31(37-22)39-25-16-10-5-11-17-25;1-3-4-5-6-7-14-19-30-28-27(32-21-24-17-12-9-13-18-24)26(25(29)22(2)33-28)31-20-23-15-10-8-11-16-23/h3-17,22,28-31H,18-21H2,1-2H3,(H,32,33);8-13,15-18,22,25-29H,3-7,14,19-21H2,1-2H3/t22?,28-,29+,30?,31-;22?,25-,26+,27?,28?/m11/s1. The van der Waals surface area contributed by atoms with Crippen molar-refractivity contribution < 1.29 is 52.6 Å². The van der Waals surface area contributed by atoms with Crippen LogP contribution in [0, 0.1) is 0 Å². The average molecular weight is 1010 g/mol. The van der Waals surface area contributed by atoms with Crippen molar-refractivity contribution in [2.24, 2.45) is 0 Å². The molecule has 0 spiro atoms. The predicted molar refractivity (Wildman–Crippen MR) is 280 cm³/mol. The van der Waals surface area contributed by atoms with Gasteiger partial charge in [-0.15, -0.1) is 0 Å². The third-order valence-electron chi connectivity index (χ3n) is 12.5. The Morgan fingerprint density at radius 2 is 0.986 bits per heavy atom. The van der Waals surface area contributed by atoms with Crippen LogP contribution in [0.25, 0.3) is 0 Å². The van der Waals surface area contributed by atoms with Gasteiger partial charge >= 0.3 is 5.97 Å². The SMILES string of the molecule is CCCCCCCCOC1OC(C)[C@@H](O)[C@H](OCc2ccccc2)C1OCc1ccccc1.CNC(=O)CCC(=O)O[C@@H]1C(C)O[C@H](Sc2ccccc2)C(OCc2ccccc2)[C@H]1OCc1ccccc1. The molecule has 2 N–H and O–H groups in total. The van der Waals surface area contributed by atoms with Crippen LogP contribution in [-0.2, 0) is 73.9 Å². The predicted octanol–water partition coefficient (Wildman–Crippen LogP) is 10.8. The Balaban J connectivity index is 0.000000239. The molecule has 2 fully saturated rings. The van der Waals surface area contributed by atoms with Crippen molar-refractivity contribution in [1.82, 2.24) is 5.32 Å². The fourth-order valence-corrected chi connectivity index (χ4v) is 9.60. The fraction of sp³-hybridized carbons (Fsp3) is 0.458. The molecule has 388 valence electrons. The topological polar surface area (TPSA) is 140 Å². The van der Waals surface area contributed by atoms with Gasteiger partial charge in [-0.1, -0.05) is 190 Å². The van der Waals surface area contributed by atoms with E-state index >= 15 is 0 Å². The van der Waals surface area contributed by atoms with E-state index in [9.17, 15) is 14.7 Å². The third-order valence-corrected chi connectivity index (χ3v) is 13.7. The highest BCUT2D eigenvalue weighted by molar-refractivity contribution is 7.99. The molecule has 2 aliphatic heterocycles. The number of carbonyl (C=O) groups excluding carboxylic acids is 2. The lowest BCUT2D eigenvalue weighted by atomic mass is 9.99. The number of hydrogen-bond donors (Lipinski definition) is 2. The summed E-state index contributed by atoms with van der Waals surface area (Å²) in [4.78, 5) is 25.5. The lowest BCUT2D eigenvalue weighted by Gasteiger charge is -2.44. The molecule has 0 radical (unpaired) electrons. The first kappa shape index (κ1) is 56.4. The number of aliphatic hydroxyl groups is 1. The Labute approximate surface area is 431 Å². The molecule has 2 aliphatic rings. The van der Waals surface area contributed by atoms with Crippen molar-refractivity contribution in [1.29, 1.82) is 0 Å². The molecule has 0 bridgehead atoms. The quantitative estimate of drug-likeness (QED) is 0.0402. The highest BCUT2D eigenvalue weighted by atomic mass is 32.2. The number of aliphatic hydroxyl groups excluding tert-OH is 1. The number of thioether (sulfide) groups is 1. The summed E-state index contributed by atoms with van der Waals surface area (Å²) in [5.74, 6) is -0.705. The number of ether oxygens (including phenoxy) is 8. The summed E-state index contributed by atoms with van der Waals surface area (Å²) in [6.07, 6.45) is 1.98. The molecule has 72 heavy (non-hydrogen) atoms. The van der Waals surface area contributed by atoms with E-state index in [1.165, 1.54) is 32.7 Å². The number of benzene rings is 5. The van der Waals surface area contributed by atoms with E-state index in [0.717, 1.165) is 40.0 Å². The largest absolute Gasteiger partial charge is 0.457 e. The Kier molecular flexibility index (Phi) is 24.7. The summed E-state index contributed by atoms with van der Waals surface area (Å²) >= 11 is 1.55. The zero-order valence-corrected chi connectivity index (χ0v) is 43.2. The van der Waals surface area contributed by atoms with Gasteiger partial charge in [0.2, 0.25) is 5.91 Å². The normalized spacial score (nSPS) is 23.8. The second kappa shape index (κ2) is 31.6. The van der Waals surface area contributed by atoms with Crippen molar-refractivity contribution >= 4 is 23.6 Å². The van der Waals surface area contributed by atoms with Gasteiger partial charge in [-0.3, -0.25) is 9.59 Å². The van der Waals surface area contributed by atoms with Gasteiger partial charge in [-0.05, 0) is 54.7 Å². The van der Waals surface area contributed by atoms with Crippen LogP contribution in [0.5, 0.6) is 0 Å². The van der Waals surface area contributed by atoms with Gasteiger partial charge in [0.25, 0.3) is 0 Å². The van der Waals surface area contributed by atoms with Crippen LogP contribution in [0.4, 0.5) is 0 Å². The van der Waals surface area contributed by atoms with E-state index in [2.05, 4.69) is 12.2 Å². The van der Waals surface area contributed by atoms with Crippen molar-refractivity contribution in [3.05, 3.63) is 174 Å². The maximum Gasteiger partial charge on any atom is 0.306 e. The van der Waals surface area contributed by atoms with Crippen LogP contribution >= 0.6 is 11.8 Å². The lowest BCUT2D eigenvalue weighted by Crippen LogP contribution is -2.59. The number of rotatable bonds is 26. The van der Waals surface area contributed by atoms with E-state index in [0.29, 0.717) is 33.0 Å². The second-order valence-corrected chi connectivity index (χ2v) is 19.3. The molecule has 0 saturated carbocycles. The molecule has 1 amide bonds. The molecule has 0 aromatic heterocycles.